The van der Waals surface area contributed by atoms with E-state index < -0.39 is 11.3 Å². The molecule has 76 valence electrons. The molecule has 0 N–H and O–H groups in total. The largest absolute Gasteiger partial charge is 0.258 e. The minimum atomic E-state index is -2.49. The molecule has 1 aliphatic rings. The van der Waals surface area contributed by atoms with Crippen LogP contribution in [0.25, 0.3) is 0 Å². The van der Waals surface area contributed by atoms with Crippen molar-refractivity contribution in [2.45, 2.75) is 38.0 Å². The number of hydrogen-bond acceptors (Lipinski definition) is 0. The number of benzene rings is 1. The Labute approximate surface area is 82.9 Å². The Kier molecular flexibility index (Phi) is 1.91. The average molecular weight is 196 g/mol. The van der Waals surface area contributed by atoms with Gasteiger partial charge in [-0.15, -0.1) is 0 Å². The van der Waals surface area contributed by atoms with Crippen molar-refractivity contribution in [2.75, 3.05) is 0 Å². The van der Waals surface area contributed by atoms with Gasteiger partial charge in [-0.1, -0.05) is 36.8 Å². The summed E-state index contributed by atoms with van der Waals surface area (Å²) in [7, 11) is 0. The van der Waals surface area contributed by atoms with E-state index in [2.05, 4.69) is 0 Å². The summed E-state index contributed by atoms with van der Waals surface area (Å²) in [5.74, 6) is -2.49. The van der Waals surface area contributed by atoms with Gasteiger partial charge in [0.2, 0.25) is 0 Å². The highest BCUT2D eigenvalue weighted by molar-refractivity contribution is 5.39. The van der Waals surface area contributed by atoms with Gasteiger partial charge in [-0.2, -0.15) is 0 Å². The van der Waals surface area contributed by atoms with Gasteiger partial charge in [-0.05, 0) is 18.9 Å². The van der Waals surface area contributed by atoms with E-state index >= 15 is 0 Å². The number of aryl methyl sites for hydroxylation is 1. The first-order valence-electron chi connectivity index (χ1n) is 4.97. The lowest BCUT2D eigenvalue weighted by Gasteiger charge is -2.14. The highest BCUT2D eigenvalue weighted by Crippen LogP contribution is 2.63. The van der Waals surface area contributed by atoms with Gasteiger partial charge in [-0.25, -0.2) is 8.78 Å². The predicted octanol–water partition coefficient (Wildman–Crippen LogP) is 3.68. The number of alkyl halides is 2. The maximum Gasteiger partial charge on any atom is 0.258 e. The summed E-state index contributed by atoms with van der Waals surface area (Å²) in [6.07, 6.45) is 0.531. The van der Waals surface area contributed by atoms with Crippen molar-refractivity contribution in [3.63, 3.8) is 0 Å². The minimum Gasteiger partial charge on any atom is -0.206 e. The highest BCUT2D eigenvalue weighted by atomic mass is 19.3. The molecule has 1 saturated carbocycles. The van der Waals surface area contributed by atoms with Crippen LogP contribution in [0.15, 0.2) is 24.3 Å². The SMILES string of the molecule is CCC1(c2cccc(C)c2)CC1(F)F. The molecule has 0 radical (unpaired) electrons. The van der Waals surface area contributed by atoms with Crippen molar-refractivity contribution in [3.8, 4) is 0 Å². The maximum absolute atomic E-state index is 13.3. The Morgan fingerprint density at radius 2 is 2.00 bits per heavy atom. The molecule has 2 heteroatoms. The number of hydrogen-bond donors (Lipinski definition) is 0. The fraction of sp³-hybridized carbons (Fsp3) is 0.500. The molecule has 0 saturated heterocycles. The lowest BCUT2D eigenvalue weighted by atomic mass is 9.91. The Morgan fingerprint density at radius 1 is 1.36 bits per heavy atom. The van der Waals surface area contributed by atoms with Gasteiger partial charge in [0.15, 0.2) is 0 Å². The first kappa shape index (κ1) is 9.63. The van der Waals surface area contributed by atoms with E-state index in [1.807, 2.05) is 38.1 Å². The van der Waals surface area contributed by atoms with Crippen molar-refractivity contribution in [2.24, 2.45) is 0 Å². The summed E-state index contributed by atoms with van der Waals surface area (Å²) in [5.41, 5.74) is 0.988. The van der Waals surface area contributed by atoms with Gasteiger partial charge in [0.05, 0.1) is 5.41 Å². The molecule has 0 spiro atoms. The van der Waals surface area contributed by atoms with E-state index in [9.17, 15) is 8.78 Å². The molecule has 0 nitrogen and oxygen atoms in total. The summed E-state index contributed by atoms with van der Waals surface area (Å²) in [4.78, 5) is 0. The average Bonchev–Trinajstić information content (AvgIpc) is 2.70. The molecule has 0 aliphatic heterocycles. The van der Waals surface area contributed by atoms with Crippen LogP contribution in [0.5, 0.6) is 0 Å². The molecular weight excluding hydrogens is 182 g/mol. The van der Waals surface area contributed by atoms with Crippen LogP contribution in [0.1, 0.15) is 30.9 Å². The third kappa shape index (κ3) is 1.17. The van der Waals surface area contributed by atoms with E-state index in [0.717, 1.165) is 11.1 Å². The van der Waals surface area contributed by atoms with Crippen LogP contribution in [0.3, 0.4) is 0 Å². The van der Waals surface area contributed by atoms with Crippen molar-refractivity contribution in [1.29, 1.82) is 0 Å². The van der Waals surface area contributed by atoms with Crippen LogP contribution in [0.4, 0.5) is 8.78 Å². The zero-order valence-electron chi connectivity index (χ0n) is 8.48. The van der Waals surface area contributed by atoms with E-state index in [-0.39, 0.29) is 6.42 Å². The van der Waals surface area contributed by atoms with Crippen LogP contribution in [-0.4, -0.2) is 5.92 Å². The van der Waals surface area contributed by atoms with E-state index in [1.165, 1.54) is 0 Å². The fourth-order valence-corrected chi connectivity index (χ4v) is 2.18. The Bertz CT molecular complexity index is 357. The third-order valence-electron chi connectivity index (χ3n) is 3.27. The summed E-state index contributed by atoms with van der Waals surface area (Å²) < 4.78 is 26.5. The molecule has 0 bridgehead atoms. The topological polar surface area (TPSA) is 0 Å². The van der Waals surface area contributed by atoms with Gasteiger partial charge in [-0.3, -0.25) is 0 Å². The summed E-state index contributed by atoms with van der Waals surface area (Å²) in [5, 5.41) is 0. The van der Waals surface area contributed by atoms with Crippen molar-refractivity contribution in [1.82, 2.24) is 0 Å². The molecule has 1 fully saturated rings. The van der Waals surface area contributed by atoms with Gasteiger partial charge >= 0.3 is 0 Å². The maximum atomic E-state index is 13.3. The normalized spacial score (nSPS) is 28.9. The standard InChI is InChI=1S/C12H14F2/c1-3-11(8-12(11,13)14)10-6-4-5-9(2)7-10/h4-7H,3,8H2,1-2H3. The second-order valence-corrected chi connectivity index (χ2v) is 4.19. The number of halogens is 2. The minimum absolute atomic E-state index is 0.0138. The van der Waals surface area contributed by atoms with Crippen LogP contribution < -0.4 is 0 Å². The molecule has 0 aromatic heterocycles. The molecule has 1 aliphatic carbocycles. The van der Waals surface area contributed by atoms with Crippen molar-refractivity contribution in [3.05, 3.63) is 35.4 Å². The van der Waals surface area contributed by atoms with Gasteiger partial charge in [0.1, 0.15) is 0 Å². The molecule has 2 rings (SSSR count). The van der Waals surface area contributed by atoms with Crippen molar-refractivity contribution >= 4 is 0 Å². The number of rotatable bonds is 2. The van der Waals surface area contributed by atoms with E-state index in [1.54, 1.807) is 0 Å². The molecule has 14 heavy (non-hydrogen) atoms. The predicted molar refractivity (Wildman–Crippen MR) is 52.7 cm³/mol. The molecule has 0 amide bonds. The Balaban J connectivity index is 2.40. The van der Waals surface area contributed by atoms with Gasteiger partial charge < -0.3 is 0 Å². The molecule has 1 aromatic rings. The Hall–Kier alpha value is -0.920. The summed E-state index contributed by atoms with van der Waals surface area (Å²) in [6.45, 7) is 3.77. The first-order chi connectivity index (χ1) is 6.52. The molecule has 1 atom stereocenters. The fourth-order valence-electron chi connectivity index (χ4n) is 2.18. The third-order valence-corrected chi connectivity index (χ3v) is 3.27. The van der Waals surface area contributed by atoms with Gasteiger partial charge in [0, 0.05) is 6.42 Å². The second-order valence-electron chi connectivity index (χ2n) is 4.19. The molecular formula is C12H14F2. The lowest BCUT2D eigenvalue weighted by molar-refractivity contribution is 0.0865. The van der Waals surface area contributed by atoms with Crippen molar-refractivity contribution < 1.29 is 8.78 Å². The zero-order chi connectivity index (χ0) is 10.4. The first-order valence-corrected chi connectivity index (χ1v) is 4.97. The highest BCUT2D eigenvalue weighted by Gasteiger charge is 2.70. The lowest BCUT2D eigenvalue weighted by Crippen LogP contribution is -2.15. The van der Waals surface area contributed by atoms with Crippen LogP contribution in [-0.2, 0) is 5.41 Å². The second kappa shape index (κ2) is 2.78. The monoisotopic (exact) mass is 196 g/mol. The smallest absolute Gasteiger partial charge is 0.206 e. The molecule has 1 aromatic carbocycles. The zero-order valence-corrected chi connectivity index (χ0v) is 8.48. The van der Waals surface area contributed by atoms with Crippen LogP contribution in [0.2, 0.25) is 0 Å². The quantitative estimate of drug-likeness (QED) is 0.676. The Morgan fingerprint density at radius 3 is 2.43 bits per heavy atom. The van der Waals surface area contributed by atoms with E-state index in [4.69, 9.17) is 0 Å². The summed E-state index contributed by atoms with van der Waals surface area (Å²) >= 11 is 0. The van der Waals surface area contributed by atoms with Crippen LogP contribution >= 0.6 is 0 Å². The van der Waals surface area contributed by atoms with Gasteiger partial charge in [0.25, 0.3) is 5.92 Å². The van der Waals surface area contributed by atoms with E-state index in [0.29, 0.717) is 6.42 Å². The van der Waals surface area contributed by atoms with Crippen LogP contribution in [0, 0.1) is 6.92 Å². The summed E-state index contributed by atoms with van der Waals surface area (Å²) in [6, 6.07) is 7.49. The molecule has 1 unspecified atom stereocenters. The molecule has 0 heterocycles.